The van der Waals surface area contributed by atoms with Gasteiger partial charge in [-0.15, -0.1) is 0 Å². The summed E-state index contributed by atoms with van der Waals surface area (Å²) in [6.07, 6.45) is 0. The van der Waals surface area contributed by atoms with Gasteiger partial charge in [0.15, 0.2) is 11.6 Å². The molecule has 19 heavy (non-hydrogen) atoms. The van der Waals surface area contributed by atoms with E-state index in [4.69, 9.17) is 17.3 Å². The van der Waals surface area contributed by atoms with Crippen LogP contribution in [0.25, 0.3) is 16.7 Å². The Morgan fingerprint density at radius 1 is 1.11 bits per heavy atom. The highest BCUT2D eigenvalue weighted by Crippen LogP contribution is 2.29. The summed E-state index contributed by atoms with van der Waals surface area (Å²) in [7, 11) is 0. The number of hydrogen-bond donors (Lipinski definition) is 1. The van der Waals surface area contributed by atoms with Crippen molar-refractivity contribution in [2.75, 3.05) is 5.73 Å². The van der Waals surface area contributed by atoms with E-state index in [-0.39, 0.29) is 11.6 Å². The van der Waals surface area contributed by atoms with Crippen LogP contribution >= 0.6 is 11.6 Å². The summed E-state index contributed by atoms with van der Waals surface area (Å²) in [5, 5.41) is 0.403. The fourth-order valence-electron chi connectivity index (χ4n) is 2.00. The lowest BCUT2D eigenvalue weighted by atomic mass is 10.2. The molecule has 0 saturated heterocycles. The number of aromatic nitrogens is 2. The summed E-state index contributed by atoms with van der Waals surface area (Å²) < 4.78 is 28.5. The van der Waals surface area contributed by atoms with E-state index in [2.05, 4.69) is 4.98 Å². The molecular formula is C13H8ClF2N3. The Labute approximate surface area is 112 Å². The van der Waals surface area contributed by atoms with Crippen LogP contribution < -0.4 is 5.73 Å². The van der Waals surface area contributed by atoms with Crippen LogP contribution in [0.4, 0.5) is 14.7 Å². The van der Waals surface area contributed by atoms with Crippen LogP contribution in [0.15, 0.2) is 36.4 Å². The molecule has 0 unspecified atom stereocenters. The number of rotatable bonds is 1. The summed E-state index contributed by atoms with van der Waals surface area (Å²) in [4.78, 5) is 4.08. The molecule has 0 aliphatic carbocycles. The molecule has 0 atom stereocenters. The average Bonchev–Trinajstić information content (AvgIpc) is 2.71. The number of benzene rings is 2. The lowest BCUT2D eigenvalue weighted by Gasteiger charge is -2.08. The van der Waals surface area contributed by atoms with E-state index >= 15 is 0 Å². The predicted molar refractivity (Wildman–Crippen MR) is 70.4 cm³/mol. The average molecular weight is 280 g/mol. The zero-order valence-corrected chi connectivity index (χ0v) is 10.3. The van der Waals surface area contributed by atoms with Gasteiger partial charge in [-0.2, -0.15) is 0 Å². The Morgan fingerprint density at radius 3 is 2.63 bits per heavy atom. The van der Waals surface area contributed by atoms with Crippen LogP contribution in [-0.2, 0) is 0 Å². The number of nitrogen functional groups attached to an aromatic ring is 1. The van der Waals surface area contributed by atoms with Gasteiger partial charge in [-0.3, -0.25) is 4.57 Å². The smallest absolute Gasteiger partial charge is 0.206 e. The van der Waals surface area contributed by atoms with Crippen LogP contribution in [0.2, 0.25) is 5.02 Å². The maximum atomic E-state index is 13.9. The van der Waals surface area contributed by atoms with Gasteiger partial charge in [-0.25, -0.2) is 13.8 Å². The molecule has 0 saturated carbocycles. The molecule has 3 aromatic rings. The highest BCUT2D eigenvalue weighted by atomic mass is 35.5. The number of nitrogens with zero attached hydrogens (tertiary/aromatic N) is 2. The van der Waals surface area contributed by atoms with Crippen molar-refractivity contribution in [1.29, 1.82) is 0 Å². The van der Waals surface area contributed by atoms with Crippen LogP contribution in [0.5, 0.6) is 0 Å². The topological polar surface area (TPSA) is 43.8 Å². The molecule has 0 amide bonds. The van der Waals surface area contributed by atoms with E-state index in [1.807, 2.05) is 0 Å². The van der Waals surface area contributed by atoms with Crippen molar-refractivity contribution in [3.8, 4) is 5.69 Å². The molecule has 0 bridgehead atoms. The zero-order chi connectivity index (χ0) is 13.6. The highest BCUT2D eigenvalue weighted by molar-refractivity contribution is 6.35. The SMILES string of the molecule is Nc1nc2c(Cl)cccc2n1-c1cccc(F)c1F. The Bertz CT molecular complexity index is 783. The number of nitrogens with two attached hydrogens (primary N) is 1. The molecule has 2 N–H and O–H groups in total. The molecule has 0 spiro atoms. The lowest BCUT2D eigenvalue weighted by molar-refractivity contribution is 0.505. The Hall–Kier alpha value is -2.14. The van der Waals surface area contributed by atoms with Gasteiger partial charge in [0.25, 0.3) is 0 Å². The first-order chi connectivity index (χ1) is 9.09. The van der Waals surface area contributed by atoms with Gasteiger partial charge in [0.05, 0.1) is 16.2 Å². The Morgan fingerprint density at radius 2 is 1.84 bits per heavy atom. The second-order valence-electron chi connectivity index (χ2n) is 3.99. The number of fused-ring (bicyclic) bond motifs is 1. The minimum Gasteiger partial charge on any atom is -0.369 e. The molecular weight excluding hydrogens is 272 g/mol. The minimum atomic E-state index is -0.978. The molecule has 2 aromatic carbocycles. The van der Waals surface area contributed by atoms with Crippen molar-refractivity contribution in [2.45, 2.75) is 0 Å². The molecule has 0 fully saturated rings. The third kappa shape index (κ3) is 1.74. The number of hydrogen-bond acceptors (Lipinski definition) is 2. The summed E-state index contributed by atoms with van der Waals surface area (Å²) >= 11 is 6.00. The largest absolute Gasteiger partial charge is 0.369 e. The van der Waals surface area contributed by atoms with E-state index in [1.165, 1.54) is 16.7 Å². The van der Waals surface area contributed by atoms with Gasteiger partial charge in [0.2, 0.25) is 5.95 Å². The van der Waals surface area contributed by atoms with Gasteiger partial charge >= 0.3 is 0 Å². The van der Waals surface area contributed by atoms with Gasteiger partial charge < -0.3 is 5.73 Å². The molecule has 96 valence electrons. The summed E-state index contributed by atoms with van der Waals surface area (Å²) in [6.45, 7) is 0. The van der Waals surface area contributed by atoms with Crippen LogP contribution in [0.1, 0.15) is 0 Å². The second-order valence-corrected chi connectivity index (χ2v) is 4.39. The first-order valence-corrected chi connectivity index (χ1v) is 5.84. The number of imidazole rings is 1. The summed E-state index contributed by atoms with van der Waals surface area (Å²) in [5.74, 6) is -1.87. The van der Waals surface area contributed by atoms with Crippen LogP contribution in [0, 0.1) is 11.6 Å². The van der Waals surface area contributed by atoms with Crippen molar-refractivity contribution in [1.82, 2.24) is 9.55 Å². The van der Waals surface area contributed by atoms with E-state index in [1.54, 1.807) is 18.2 Å². The van der Waals surface area contributed by atoms with Gasteiger partial charge in [-0.1, -0.05) is 23.7 Å². The highest BCUT2D eigenvalue weighted by Gasteiger charge is 2.16. The predicted octanol–water partition coefficient (Wildman–Crippen LogP) is 3.54. The number of halogens is 3. The maximum absolute atomic E-state index is 13.9. The second kappa shape index (κ2) is 4.20. The molecule has 3 nitrogen and oxygen atoms in total. The molecule has 0 radical (unpaired) electrons. The molecule has 0 aliphatic heterocycles. The minimum absolute atomic E-state index is 0.00210. The van der Waals surface area contributed by atoms with Crippen molar-refractivity contribution < 1.29 is 8.78 Å². The first kappa shape index (κ1) is 11.9. The molecule has 0 aliphatic rings. The van der Waals surface area contributed by atoms with Crippen molar-refractivity contribution >= 4 is 28.6 Å². The Balaban J connectivity index is 2.40. The zero-order valence-electron chi connectivity index (χ0n) is 9.57. The number of para-hydroxylation sites is 1. The van der Waals surface area contributed by atoms with Crippen molar-refractivity contribution in [2.24, 2.45) is 0 Å². The summed E-state index contributed by atoms with van der Waals surface area (Å²) in [6, 6.07) is 8.92. The van der Waals surface area contributed by atoms with Crippen molar-refractivity contribution in [3.05, 3.63) is 53.1 Å². The van der Waals surface area contributed by atoms with E-state index < -0.39 is 11.6 Å². The first-order valence-electron chi connectivity index (χ1n) is 5.46. The van der Waals surface area contributed by atoms with E-state index in [0.29, 0.717) is 16.1 Å². The lowest BCUT2D eigenvalue weighted by Crippen LogP contribution is -2.04. The third-order valence-electron chi connectivity index (χ3n) is 2.83. The molecule has 1 heterocycles. The fourth-order valence-corrected chi connectivity index (χ4v) is 2.21. The van der Waals surface area contributed by atoms with Gasteiger partial charge in [0, 0.05) is 0 Å². The molecule has 3 rings (SSSR count). The van der Waals surface area contributed by atoms with Gasteiger partial charge in [-0.05, 0) is 24.3 Å². The third-order valence-corrected chi connectivity index (χ3v) is 3.14. The maximum Gasteiger partial charge on any atom is 0.206 e. The molecule has 1 aromatic heterocycles. The van der Waals surface area contributed by atoms with Crippen LogP contribution in [-0.4, -0.2) is 9.55 Å². The van der Waals surface area contributed by atoms with E-state index in [9.17, 15) is 8.78 Å². The van der Waals surface area contributed by atoms with Gasteiger partial charge in [0.1, 0.15) is 5.52 Å². The quantitative estimate of drug-likeness (QED) is 0.740. The monoisotopic (exact) mass is 279 g/mol. The molecule has 6 heteroatoms. The van der Waals surface area contributed by atoms with Crippen molar-refractivity contribution in [3.63, 3.8) is 0 Å². The summed E-state index contributed by atoms with van der Waals surface area (Å²) in [5.41, 5.74) is 6.75. The normalized spacial score (nSPS) is 11.1. The number of anilines is 1. The van der Waals surface area contributed by atoms with Crippen LogP contribution in [0.3, 0.4) is 0 Å². The van der Waals surface area contributed by atoms with E-state index in [0.717, 1.165) is 6.07 Å². The Kier molecular flexibility index (Phi) is 2.64. The fraction of sp³-hybridized carbons (Fsp3) is 0. The standard InChI is InChI=1S/C13H8ClF2N3/c14-7-3-1-6-10-12(7)18-13(17)19(10)9-5-2-4-8(15)11(9)16/h1-6H,(H2,17,18).